The molecule has 0 amide bonds. The number of carbonyl (C=O) groups excluding carboxylic acids is 1. The van der Waals surface area contributed by atoms with Gasteiger partial charge in [0.2, 0.25) is 0 Å². The molecule has 0 aromatic rings. The molecule has 1 aliphatic carbocycles. The molecule has 0 heterocycles. The fourth-order valence-electron chi connectivity index (χ4n) is 2.24. The van der Waals surface area contributed by atoms with Crippen LogP contribution >= 0.6 is 15.9 Å². The highest BCUT2D eigenvalue weighted by molar-refractivity contribution is 9.10. The fourth-order valence-corrected chi connectivity index (χ4v) is 2.59. The summed E-state index contributed by atoms with van der Waals surface area (Å²) in [6.07, 6.45) is 1.01. The maximum atomic E-state index is 11.4. The van der Waals surface area contributed by atoms with Crippen molar-refractivity contribution in [1.82, 2.24) is 0 Å². The maximum Gasteiger partial charge on any atom is 0.309 e. The summed E-state index contributed by atoms with van der Waals surface area (Å²) in [6.45, 7) is 8.54. The van der Waals surface area contributed by atoms with Gasteiger partial charge in [-0.05, 0) is 17.8 Å². The van der Waals surface area contributed by atoms with Crippen LogP contribution in [0.3, 0.4) is 0 Å². The Labute approximate surface area is 94.5 Å². The van der Waals surface area contributed by atoms with Crippen molar-refractivity contribution in [2.75, 3.05) is 7.11 Å². The lowest BCUT2D eigenvalue weighted by atomic mass is 10.0. The van der Waals surface area contributed by atoms with Gasteiger partial charge >= 0.3 is 5.97 Å². The molecule has 0 aromatic carbocycles. The Hall–Kier alpha value is -0.0500. The van der Waals surface area contributed by atoms with Gasteiger partial charge in [-0.15, -0.1) is 0 Å². The van der Waals surface area contributed by atoms with Crippen molar-refractivity contribution in [2.24, 2.45) is 17.3 Å². The number of alkyl halides is 1. The normalized spacial score (nSPS) is 29.9. The van der Waals surface area contributed by atoms with Crippen molar-refractivity contribution in [1.29, 1.82) is 0 Å². The Morgan fingerprint density at radius 3 is 2.36 bits per heavy atom. The zero-order valence-electron chi connectivity index (χ0n) is 9.56. The first-order valence-electron chi connectivity index (χ1n) is 4.97. The second kappa shape index (κ2) is 3.51. The number of ether oxygens (including phenoxy) is 1. The van der Waals surface area contributed by atoms with Gasteiger partial charge in [-0.3, -0.25) is 4.79 Å². The second-order valence-corrected chi connectivity index (χ2v) is 7.50. The Morgan fingerprint density at radius 1 is 1.50 bits per heavy atom. The number of carbonyl (C=O) groups is 1. The van der Waals surface area contributed by atoms with Gasteiger partial charge in [-0.1, -0.05) is 43.6 Å². The van der Waals surface area contributed by atoms with Crippen molar-refractivity contribution in [3.63, 3.8) is 0 Å². The van der Waals surface area contributed by atoms with Crippen LogP contribution in [0.25, 0.3) is 0 Å². The van der Waals surface area contributed by atoms with Crippen LogP contribution in [0.4, 0.5) is 0 Å². The van der Waals surface area contributed by atoms with Gasteiger partial charge in [-0.2, -0.15) is 0 Å². The second-order valence-electron chi connectivity index (χ2n) is 5.35. The first kappa shape index (κ1) is 12.0. The summed E-state index contributed by atoms with van der Waals surface area (Å²) in [6, 6.07) is 0. The minimum atomic E-state index is -0.0586. The molecule has 2 atom stereocenters. The van der Waals surface area contributed by atoms with Crippen LogP contribution in [0.1, 0.15) is 34.1 Å². The average molecular weight is 263 g/mol. The molecule has 0 spiro atoms. The van der Waals surface area contributed by atoms with Crippen molar-refractivity contribution in [3.8, 4) is 0 Å². The average Bonchev–Trinajstić information content (AvgIpc) is 2.49. The van der Waals surface area contributed by atoms with E-state index in [4.69, 9.17) is 4.74 Å². The standard InChI is InChI=1S/C11H19BrO2/c1-10(2,12)6-7-8(9(13)14-5)11(7,3)4/h7-8H,6H2,1-5H3. The Balaban J connectivity index is 2.62. The smallest absolute Gasteiger partial charge is 0.309 e. The lowest BCUT2D eigenvalue weighted by Gasteiger charge is -2.16. The van der Waals surface area contributed by atoms with Crippen molar-refractivity contribution >= 4 is 21.9 Å². The Kier molecular flexibility index (Phi) is 3.01. The Bertz CT molecular complexity index is 240. The monoisotopic (exact) mass is 262 g/mol. The molecule has 0 radical (unpaired) electrons. The van der Waals surface area contributed by atoms with Crippen molar-refractivity contribution in [3.05, 3.63) is 0 Å². The highest BCUT2D eigenvalue weighted by atomic mass is 79.9. The van der Waals surface area contributed by atoms with Crippen LogP contribution in [-0.4, -0.2) is 17.4 Å². The van der Waals surface area contributed by atoms with Gasteiger partial charge in [0.15, 0.2) is 0 Å². The zero-order valence-corrected chi connectivity index (χ0v) is 11.1. The third kappa shape index (κ3) is 2.30. The van der Waals surface area contributed by atoms with Crippen molar-refractivity contribution in [2.45, 2.75) is 38.4 Å². The zero-order chi connectivity index (χ0) is 11.1. The van der Waals surface area contributed by atoms with Gasteiger partial charge in [0.1, 0.15) is 0 Å². The minimum Gasteiger partial charge on any atom is -0.469 e. The van der Waals surface area contributed by atoms with Gasteiger partial charge in [0.25, 0.3) is 0 Å². The van der Waals surface area contributed by atoms with Crippen LogP contribution in [0, 0.1) is 17.3 Å². The van der Waals surface area contributed by atoms with Crippen LogP contribution in [0.2, 0.25) is 0 Å². The van der Waals surface area contributed by atoms with Crippen LogP contribution < -0.4 is 0 Å². The largest absolute Gasteiger partial charge is 0.469 e. The maximum absolute atomic E-state index is 11.4. The predicted molar refractivity (Wildman–Crippen MR) is 60.4 cm³/mol. The van der Waals surface area contributed by atoms with E-state index in [0.29, 0.717) is 5.92 Å². The SMILES string of the molecule is COC(=O)C1C(CC(C)(C)Br)C1(C)C. The van der Waals surface area contributed by atoms with E-state index in [1.165, 1.54) is 7.11 Å². The molecule has 0 saturated heterocycles. The first-order valence-corrected chi connectivity index (χ1v) is 5.76. The van der Waals surface area contributed by atoms with E-state index in [1.807, 2.05) is 0 Å². The van der Waals surface area contributed by atoms with Gasteiger partial charge in [0, 0.05) is 4.32 Å². The topological polar surface area (TPSA) is 26.3 Å². The molecule has 82 valence electrons. The number of halogens is 1. The van der Waals surface area contributed by atoms with Gasteiger partial charge in [-0.25, -0.2) is 0 Å². The number of esters is 1. The molecule has 14 heavy (non-hydrogen) atoms. The summed E-state index contributed by atoms with van der Waals surface area (Å²) < 4.78 is 4.91. The molecule has 0 aliphatic heterocycles. The third-order valence-electron chi connectivity index (χ3n) is 3.21. The Morgan fingerprint density at radius 2 is 2.00 bits per heavy atom. The van der Waals surface area contributed by atoms with Crippen molar-refractivity contribution < 1.29 is 9.53 Å². The summed E-state index contributed by atoms with van der Waals surface area (Å²) in [5.41, 5.74) is 0.109. The first-order chi connectivity index (χ1) is 6.20. The van der Waals surface area contributed by atoms with E-state index in [1.54, 1.807) is 0 Å². The highest BCUT2D eigenvalue weighted by Gasteiger charge is 2.62. The van der Waals surface area contributed by atoms with Crippen LogP contribution in [0.5, 0.6) is 0 Å². The van der Waals surface area contributed by atoms with E-state index >= 15 is 0 Å². The number of hydrogen-bond acceptors (Lipinski definition) is 2. The van der Waals surface area contributed by atoms with Crippen LogP contribution in [0.15, 0.2) is 0 Å². The molecule has 2 unspecified atom stereocenters. The summed E-state index contributed by atoms with van der Waals surface area (Å²) in [5.74, 6) is 0.477. The van der Waals surface area contributed by atoms with Gasteiger partial charge in [0.05, 0.1) is 13.0 Å². The molecule has 3 heteroatoms. The van der Waals surface area contributed by atoms with E-state index in [9.17, 15) is 4.79 Å². The summed E-state index contributed by atoms with van der Waals surface area (Å²) >= 11 is 3.62. The summed E-state index contributed by atoms with van der Waals surface area (Å²) in [5, 5.41) is 0. The lowest BCUT2D eigenvalue weighted by molar-refractivity contribution is -0.143. The molecule has 1 aliphatic rings. The predicted octanol–water partition coefficient (Wildman–Crippen LogP) is 3.00. The molecule has 0 aromatic heterocycles. The minimum absolute atomic E-state index is 0.0586. The van der Waals surface area contributed by atoms with E-state index < -0.39 is 0 Å². The number of methoxy groups -OCH3 is 1. The molecule has 0 bridgehead atoms. The quantitative estimate of drug-likeness (QED) is 0.578. The van der Waals surface area contributed by atoms with E-state index in [2.05, 4.69) is 43.6 Å². The van der Waals surface area contributed by atoms with Crippen LogP contribution in [-0.2, 0) is 9.53 Å². The van der Waals surface area contributed by atoms with E-state index in [-0.39, 0.29) is 21.6 Å². The van der Waals surface area contributed by atoms with E-state index in [0.717, 1.165) is 6.42 Å². The third-order valence-corrected chi connectivity index (χ3v) is 3.53. The van der Waals surface area contributed by atoms with Gasteiger partial charge < -0.3 is 4.74 Å². The summed E-state index contributed by atoms with van der Waals surface area (Å²) in [7, 11) is 1.47. The fraction of sp³-hybridized carbons (Fsp3) is 0.909. The molecular formula is C11H19BrO2. The number of rotatable bonds is 3. The summed E-state index contributed by atoms with van der Waals surface area (Å²) in [4.78, 5) is 11.4. The molecule has 1 saturated carbocycles. The molecule has 1 fully saturated rings. The highest BCUT2D eigenvalue weighted by Crippen LogP contribution is 2.62. The number of hydrogen-bond donors (Lipinski definition) is 0. The molecule has 1 rings (SSSR count). The molecule has 2 nitrogen and oxygen atoms in total. The molecular weight excluding hydrogens is 244 g/mol. The molecule has 0 N–H and O–H groups in total. The lowest BCUT2D eigenvalue weighted by Crippen LogP contribution is -2.13.